The van der Waals surface area contributed by atoms with Gasteiger partial charge in [-0.1, -0.05) is 0 Å². The van der Waals surface area contributed by atoms with Crippen LogP contribution >= 0.6 is 31.9 Å². The number of fused-ring (bicyclic) bond motifs is 1. The summed E-state index contributed by atoms with van der Waals surface area (Å²) >= 11 is 6.78. The average Bonchev–Trinajstić information content (AvgIpc) is 3.64. The Morgan fingerprint density at radius 2 is 1.92 bits per heavy atom. The minimum Gasteiger partial charge on any atom is -0.369 e. The number of aromatic nitrogens is 6. The number of nitrogens with two attached hydrogens (primary N) is 2. The molecule has 2 amide bonds. The maximum atomic E-state index is 13.0. The molecule has 37 heavy (non-hydrogen) atoms. The van der Waals surface area contributed by atoms with Crippen LogP contribution in [0.25, 0.3) is 0 Å². The van der Waals surface area contributed by atoms with Crippen molar-refractivity contribution in [2.75, 3.05) is 24.6 Å². The summed E-state index contributed by atoms with van der Waals surface area (Å²) in [7, 11) is 1.81. The molecule has 0 saturated carbocycles. The Morgan fingerprint density at radius 3 is 2.57 bits per heavy atom. The Kier molecular flexibility index (Phi) is 6.86. The van der Waals surface area contributed by atoms with E-state index in [1.54, 1.807) is 29.1 Å². The lowest BCUT2D eigenvalue weighted by Crippen LogP contribution is -2.44. The van der Waals surface area contributed by atoms with Gasteiger partial charge >= 0.3 is 0 Å². The van der Waals surface area contributed by atoms with Crippen molar-refractivity contribution in [2.45, 2.75) is 12.3 Å². The van der Waals surface area contributed by atoms with Crippen LogP contribution in [0.15, 0.2) is 39.7 Å². The second-order valence-corrected chi connectivity index (χ2v) is 10.8. The van der Waals surface area contributed by atoms with Crippen LogP contribution < -0.4 is 22.1 Å². The van der Waals surface area contributed by atoms with Gasteiger partial charge in [-0.2, -0.15) is 0 Å². The second-order valence-electron chi connectivity index (χ2n) is 9.07. The molecular formula is C23H26Br2N10O2. The van der Waals surface area contributed by atoms with Crippen LogP contribution in [0, 0.1) is 11.8 Å². The molecule has 2 unspecified atom stereocenters. The summed E-state index contributed by atoms with van der Waals surface area (Å²) in [5, 5.41) is 6.11. The van der Waals surface area contributed by atoms with Gasteiger partial charge in [-0.05, 0) is 68.3 Å². The number of hydrogen-bond acceptors (Lipinski definition) is 6. The zero-order valence-corrected chi connectivity index (χ0v) is 23.0. The van der Waals surface area contributed by atoms with Gasteiger partial charge in [-0.3, -0.25) is 9.59 Å². The molecule has 1 aliphatic rings. The second kappa shape index (κ2) is 10.1. The first-order valence-electron chi connectivity index (χ1n) is 11.6. The van der Waals surface area contributed by atoms with E-state index < -0.39 is 0 Å². The third-order valence-electron chi connectivity index (χ3n) is 6.78. The summed E-state index contributed by atoms with van der Waals surface area (Å²) in [4.78, 5) is 43.8. The summed E-state index contributed by atoms with van der Waals surface area (Å²) in [6.07, 6.45) is 3.96. The van der Waals surface area contributed by atoms with E-state index in [9.17, 15) is 9.59 Å². The molecular weight excluding hydrogens is 608 g/mol. The van der Waals surface area contributed by atoms with E-state index in [1.807, 2.05) is 13.1 Å². The Bertz CT molecular complexity index is 1450. The molecule has 0 aliphatic heterocycles. The van der Waals surface area contributed by atoms with Crippen LogP contribution in [0.5, 0.6) is 0 Å². The van der Waals surface area contributed by atoms with Crippen molar-refractivity contribution in [1.29, 1.82) is 0 Å². The lowest BCUT2D eigenvalue weighted by atomic mass is 9.71. The highest BCUT2D eigenvalue weighted by atomic mass is 79.9. The SMILES string of the molecule is Cn1c(Br)ccc1C(=O)NCC1Cc2[nH]c(N)nc2C(c2cnc(N)[nH]2)[C@@H]1CNC(=O)c1cc(Br)c[nH]1. The predicted octanol–water partition coefficient (Wildman–Crippen LogP) is 2.27. The lowest BCUT2D eigenvalue weighted by molar-refractivity contribution is 0.0904. The number of rotatable bonds is 7. The minimum atomic E-state index is -0.288. The summed E-state index contributed by atoms with van der Waals surface area (Å²) in [6.45, 7) is 0.691. The number of hydrogen-bond donors (Lipinski definition) is 7. The zero-order chi connectivity index (χ0) is 26.3. The van der Waals surface area contributed by atoms with E-state index in [4.69, 9.17) is 11.5 Å². The summed E-state index contributed by atoms with van der Waals surface area (Å²) < 4.78 is 3.36. The summed E-state index contributed by atoms with van der Waals surface area (Å²) in [6, 6.07) is 5.30. The average molecular weight is 634 g/mol. The molecule has 4 aromatic heterocycles. The quantitative estimate of drug-likeness (QED) is 0.163. The molecule has 9 N–H and O–H groups in total. The lowest BCUT2D eigenvalue weighted by Gasteiger charge is -2.37. The van der Waals surface area contributed by atoms with E-state index in [0.29, 0.717) is 36.8 Å². The fraction of sp³-hybridized carbons (Fsp3) is 0.304. The van der Waals surface area contributed by atoms with Gasteiger partial charge < -0.3 is 41.6 Å². The van der Waals surface area contributed by atoms with Crippen molar-refractivity contribution in [2.24, 2.45) is 18.9 Å². The number of nitrogens with zero attached hydrogens (tertiary/aromatic N) is 3. The van der Waals surface area contributed by atoms with Gasteiger partial charge in [0, 0.05) is 48.1 Å². The molecule has 12 nitrogen and oxygen atoms in total. The number of imidazole rings is 2. The Labute approximate surface area is 228 Å². The molecule has 1 aliphatic carbocycles. The van der Waals surface area contributed by atoms with Crippen molar-refractivity contribution in [1.82, 2.24) is 40.1 Å². The Morgan fingerprint density at radius 1 is 1.14 bits per heavy atom. The number of amides is 2. The molecule has 0 aromatic carbocycles. The fourth-order valence-electron chi connectivity index (χ4n) is 4.97. The molecule has 3 atom stereocenters. The minimum absolute atomic E-state index is 0.0646. The molecule has 4 heterocycles. The molecule has 194 valence electrons. The third kappa shape index (κ3) is 5.03. The normalized spacial score (nSPS) is 18.9. The Hall–Kier alpha value is -3.52. The number of nitrogens with one attached hydrogen (secondary N) is 5. The predicted molar refractivity (Wildman–Crippen MR) is 145 cm³/mol. The van der Waals surface area contributed by atoms with E-state index in [2.05, 4.69) is 67.4 Å². The van der Waals surface area contributed by atoms with Gasteiger partial charge in [0.05, 0.1) is 16.5 Å². The summed E-state index contributed by atoms with van der Waals surface area (Å²) in [5.74, 6) is -0.350. The van der Waals surface area contributed by atoms with Crippen LogP contribution in [-0.2, 0) is 13.5 Å². The smallest absolute Gasteiger partial charge is 0.267 e. The number of aromatic amines is 3. The highest BCUT2D eigenvalue weighted by Crippen LogP contribution is 2.42. The van der Waals surface area contributed by atoms with Gasteiger partial charge in [0.25, 0.3) is 11.8 Å². The highest BCUT2D eigenvalue weighted by Gasteiger charge is 2.41. The van der Waals surface area contributed by atoms with Gasteiger partial charge in [-0.25, -0.2) is 9.97 Å². The number of anilines is 2. The first-order valence-corrected chi connectivity index (χ1v) is 13.2. The van der Waals surface area contributed by atoms with Crippen molar-refractivity contribution < 1.29 is 9.59 Å². The van der Waals surface area contributed by atoms with E-state index in [-0.39, 0.29) is 35.5 Å². The standard InChI is InChI=1S/C23H26Br2N10O2/c1-35-16(2-3-17(35)25)21(37)29-6-10-4-13-19(34-23(27)32-13)18(15-9-31-22(26)33-15)12(10)8-30-20(36)14-5-11(24)7-28-14/h2-3,5,7,9-10,12,18,28H,4,6,8H2,1H3,(H,29,37)(H,30,36)(H3,26,31,33)(H3,27,32,34)/t10?,12-,18?/m1/s1. The number of H-pyrrole nitrogens is 3. The van der Waals surface area contributed by atoms with E-state index in [0.717, 1.165) is 26.2 Å². The van der Waals surface area contributed by atoms with Crippen LogP contribution in [0.4, 0.5) is 11.9 Å². The van der Waals surface area contributed by atoms with Gasteiger partial charge in [0.15, 0.2) is 11.9 Å². The molecule has 4 aromatic rings. The van der Waals surface area contributed by atoms with E-state index >= 15 is 0 Å². The van der Waals surface area contributed by atoms with Crippen LogP contribution in [0.1, 0.15) is 44.0 Å². The van der Waals surface area contributed by atoms with Gasteiger partial charge in [0.2, 0.25) is 0 Å². The molecule has 5 rings (SSSR count). The number of halogens is 2. The zero-order valence-electron chi connectivity index (χ0n) is 19.8. The monoisotopic (exact) mass is 632 g/mol. The molecule has 0 fully saturated rings. The molecule has 0 bridgehead atoms. The van der Waals surface area contributed by atoms with Crippen molar-refractivity contribution in [3.63, 3.8) is 0 Å². The molecule has 0 spiro atoms. The molecule has 0 saturated heterocycles. The van der Waals surface area contributed by atoms with Crippen molar-refractivity contribution >= 4 is 55.6 Å². The largest absolute Gasteiger partial charge is 0.369 e. The molecule has 0 radical (unpaired) electrons. The Balaban J connectivity index is 1.44. The third-order valence-corrected chi connectivity index (χ3v) is 8.04. The number of carbonyl (C=O) groups excluding carboxylic acids is 2. The topological polar surface area (TPSA) is 188 Å². The van der Waals surface area contributed by atoms with E-state index in [1.165, 1.54) is 0 Å². The van der Waals surface area contributed by atoms with Gasteiger partial charge in [-0.15, -0.1) is 0 Å². The van der Waals surface area contributed by atoms with Crippen LogP contribution in [-0.4, -0.2) is 54.4 Å². The highest BCUT2D eigenvalue weighted by molar-refractivity contribution is 9.10. The number of nitrogen functional groups attached to an aromatic ring is 2. The first-order chi connectivity index (χ1) is 17.7. The summed E-state index contributed by atoms with van der Waals surface area (Å²) in [5.41, 5.74) is 15.3. The molecule has 14 heteroatoms. The van der Waals surface area contributed by atoms with Crippen LogP contribution in [0.3, 0.4) is 0 Å². The van der Waals surface area contributed by atoms with Crippen molar-refractivity contribution in [3.05, 3.63) is 68.1 Å². The maximum absolute atomic E-state index is 13.0. The van der Waals surface area contributed by atoms with Crippen LogP contribution in [0.2, 0.25) is 0 Å². The number of carbonyl (C=O) groups is 2. The van der Waals surface area contributed by atoms with Gasteiger partial charge in [0.1, 0.15) is 11.4 Å². The maximum Gasteiger partial charge on any atom is 0.267 e. The van der Waals surface area contributed by atoms with Crippen molar-refractivity contribution in [3.8, 4) is 0 Å². The fourth-order valence-corrected chi connectivity index (χ4v) is 5.64. The first kappa shape index (κ1) is 25.1.